The average molecular weight is 286 g/mol. The molecule has 3 rings (SSSR count). The Bertz CT molecular complexity index is 765. The third-order valence-corrected chi connectivity index (χ3v) is 3.67. The molecule has 3 N–H and O–H groups in total. The molecule has 5 nitrogen and oxygen atoms in total. The number of aromatic nitrogens is 1. The van der Waals surface area contributed by atoms with Crippen LogP contribution < -0.4 is 5.73 Å². The molecule has 0 spiro atoms. The minimum atomic E-state index is -1.00. The molecule has 20 heavy (non-hydrogen) atoms. The fourth-order valence-electron chi connectivity index (χ4n) is 1.76. The summed E-state index contributed by atoms with van der Waals surface area (Å²) in [5.41, 5.74) is 7.87. The average Bonchev–Trinajstić information content (AvgIpc) is 2.83. The molecule has 0 saturated heterocycles. The van der Waals surface area contributed by atoms with Gasteiger partial charge in [0.25, 0.3) is 5.22 Å². The number of anilines is 1. The number of carboxylic acid groups (broad SMARTS) is 1. The molecule has 0 saturated carbocycles. The first-order valence-corrected chi connectivity index (χ1v) is 6.61. The van der Waals surface area contributed by atoms with Gasteiger partial charge in [-0.2, -0.15) is 0 Å². The van der Waals surface area contributed by atoms with Crippen LogP contribution in [0.25, 0.3) is 11.1 Å². The smallest absolute Gasteiger partial charge is 0.335 e. The number of para-hydroxylation sites is 2. The van der Waals surface area contributed by atoms with Crippen molar-refractivity contribution in [2.45, 2.75) is 10.1 Å². The van der Waals surface area contributed by atoms with Crippen molar-refractivity contribution >= 4 is 34.5 Å². The van der Waals surface area contributed by atoms with Gasteiger partial charge in [-0.3, -0.25) is 0 Å². The minimum absolute atomic E-state index is 0.157. The van der Waals surface area contributed by atoms with E-state index in [2.05, 4.69) is 4.98 Å². The summed E-state index contributed by atoms with van der Waals surface area (Å²) < 4.78 is 5.58. The van der Waals surface area contributed by atoms with Crippen molar-refractivity contribution in [2.75, 3.05) is 5.73 Å². The monoisotopic (exact) mass is 286 g/mol. The number of carbonyl (C=O) groups is 1. The van der Waals surface area contributed by atoms with Crippen LogP contribution in [-0.2, 0) is 0 Å². The normalized spacial score (nSPS) is 10.8. The highest BCUT2D eigenvalue weighted by Crippen LogP contribution is 2.33. The lowest BCUT2D eigenvalue weighted by atomic mass is 10.2. The van der Waals surface area contributed by atoms with E-state index in [-0.39, 0.29) is 5.56 Å². The number of hydrogen-bond donors (Lipinski definition) is 2. The van der Waals surface area contributed by atoms with Crippen LogP contribution in [-0.4, -0.2) is 16.1 Å². The van der Waals surface area contributed by atoms with Crippen LogP contribution in [0.1, 0.15) is 10.4 Å². The van der Waals surface area contributed by atoms with Gasteiger partial charge in [0.05, 0.1) is 5.56 Å². The molecule has 3 aromatic rings. The number of oxazole rings is 1. The number of nitrogens with zero attached hydrogens (tertiary/aromatic N) is 1. The predicted molar refractivity (Wildman–Crippen MR) is 75.9 cm³/mol. The molecule has 1 aromatic heterocycles. The predicted octanol–water partition coefficient (Wildman–Crippen LogP) is 3.26. The molecule has 0 bridgehead atoms. The second kappa shape index (κ2) is 4.90. The molecule has 6 heteroatoms. The van der Waals surface area contributed by atoms with Crippen molar-refractivity contribution in [3.05, 3.63) is 48.0 Å². The molecule has 0 aliphatic carbocycles. The van der Waals surface area contributed by atoms with Crippen LogP contribution in [0.15, 0.2) is 57.0 Å². The molecule has 0 unspecified atom stereocenters. The Morgan fingerprint density at radius 2 is 2.05 bits per heavy atom. The SMILES string of the molecule is Nc1cc(C(=O)O)ccc1Sc1nc2ccccc2o1. The van der Waals surface area contributed by atoms with Gasteiger partial charge in [0, 0.05) is 10.6 Å². The third kappa shape index (κ3) is 2.33. The Labute approximate surface area is 118 Å². The molecular formula is C14H10N2O3S. The Morgan fingerprint density at radius 3 is 2.75 bits per heavy atom. The third-order valence-electron chi connectivity index (χ3n) is 2.73. The van der Waals surface area contributed by atoms with Gasteiger partial charge in [-0.1, -0.05) is 12.1 Å². The minimum Gasteiger partial charge on any atom is -0.478 e. The highest BCUT2D eigenvalue weighted by molar-refractivity contribution is 7.99. The van der Waals surface area contributed by atoms with Crippen molar-refractivity contribution in [1.82, 2.24) is 4.98 Å². The molecule has 2 aromatic carbocycles. The number of hydrogen-bond acceptors (Lipinski definition) is 5. The van der Waals surface area contributed by atoms with E-state index in [1.54, 1.807) is 6.07 Å². The summed E-state index contributed by atoms with van der Waals surface area (Å²) in [5.74, 6) is -1.00. The van der Waals surface area contributed by atoms with E-state index in [4.69, 9.17) is 15.3 Å². The maximum atomic E-state index is 10.8. The van der Waals surface area contributed by atoms with Crippen LogP contribution in [0.4, 0.5) is 5.69 Å². The number of rotatable bonds is 3. The van der Waals surface area contributed by atoms with Crippen LogP contribution in [0.5, 0.6) is 0 Å². The molecule has 0 fully saturated rings. The van der Waals surface area contributed by atoms with Crippen molar-refractivity contribution in [3.8, 4) is 0 Å². The van der Waals surface area contributed by atoms with Crippen LogP contribution in [0, 0.1) is 0 Å². The lowest BCUT2D eigenvalue weighted by molar-refractivity contribution is 0.0697. The van der Waals surface area contributed by atoms with E-state index in [0.29, 0.717) is 21.4 Å². The van der Waals surface area contributed by atoms with Crippen LogP contribution >= 0.6 is 11.8 Å². The molecular weight excluding hydrogens is 276 g/mol. The zero-order valence-electron chi connectivity index (χ0n) is 10.2. The number of fused-ring (bicyclic) bond motifs is 1. The van der Waals surface area contributed by atoms with Crippen LogP contribution in [0.2, 0.25) is 0 Å². The van der Waals surface area contributed by atoms with E-state index in [1.165, 1.54) is 23.9 Å². The zero-order valence-corrected chi connectivity index (χ0v) is 11.1. The first kappa shape index (κ1) is 12.6. The summed E-state index contributed by atoms with van der Waals surface area (Å²) in [7, 11) is 0. The molecule has 0 radical (unpaired) electrons. The van der Waals surface area contributed by atoms with E-state index < -0.39 is 5.97 Å². The highest BCUT2D eigenvalue weighted by atomic mass is 32.2. The van der Waals surface area contributed by atoms with Gasteiger partial charge in [-0.25, -0.2) is 9.78 Å². The molecule has 0 atom stereocenters. The largest absolute Gasteiger partial charge is 0.478 e. The molecule has 1 heterocycles. The van der Waals surface area contributed by atoms with E-state index in [1.807, 2.05) is 24.3 Å². The topological polar surface area (TPSA) is 89.4 Å². The summed E-state index contributed by atoms with van der Waals surface area (Å²) in [4.78, 5) is 15.9. The quantitative estimate of drug-likeness (QED) is 0.718. The lowest BCUT2D eigenvalue weighted by Crippen LogP contribution is -1.98. The molecule has 0 amide bonds. The molecule has 0 aliphatic heterocycles. The number of nitrogen functional groups attached to an aromatic ring is 1. The van der Waals surface area contributed by atoms with Gasteiger partial charge in [0.15, 0.2) is 5.58 Å². The first-order valence-electron chi connectivity index (χ1n) is 5.80. The van der Waals surface area contributed by atoms with Gasteiger partial charge >= 0.3 is 5.97 Å². The fraction of sp³-hybridized carbons (Fsp3) is 0. The Hall–Kier alpha value is -2.47. The number of carboxylic acids is 1. The summed E-state index contributed by atoms with van der Waals surface area (Å²) in [6.07, 6.45) is 0. The summed E-state index contributed by atoms with van der Waals surface area (Å²) >= 11 is 1.26. The standard InChI is InChI=1S/C14H10N2O3S/c15-9-7-8(13(17)18)5-6-12(9)20-14-16-10-3-1-2-4-11(10)19-14/h1-7H,15H2,(H,17,18). The maximum Gasteiger partial charge on any atom is 0.335 e. The Balaban J connectivity index is 1.92. The lowest BCUT2D eigenvalue weighted by Gasteiger charge is -2.03. The number of benzene rings is 2. The molecule has 100 valence electrons. The van der Waals surface area contributed by atoms with Crippen molar-refractivity contribution in [3.63, 3.8) is 0 Å². The summed E-state index contributed by atoms with van der Waals surface area (Å²) in [6.45, 7) is 0. The van der Waals surface area contributed by atoms with Gasteiger partial charge < -0.3 is 15.3 Å². The Kier molecular flexibility index (Phi) is 3.08. The summed E-state index contributed by atoms with van der Waals surface area (Å²) in [6, 6.07) is 12.0. The van der Waals surface area contributed by atoms with Gasteiger partial charge in [-0.05, 0) is 42.1 Å². The maximum absolute atomic E-state index is 10.8. The number of nitrogens with two attached hydrogens (primary N) is 1. The van der Waals surface area contributed by atoms with Gasteiger partial charge in [-0.15, -0.1) is 0 Å². The summed E-state index contributed by atoms with van der Waals surface area (Å²) in [5, 5.41) is 9.37. The van der Waals surface area contributed by atoms with E-state index in [0.717, 1.165) is 5.52 Å². The van der Waals surface area contributed by atoms with Crippen molar-refractivity contribution in [1.29, 1.82) is 0 Å². The van der Waals surface area contributed by atoms with Gasteiger partial charge in [0.2, 0.25) is 0 Å². The second-order valence-electron chi connectivity index (χ2n) is 4.11. The molecule has 0 aliphatic rings. The highest BCUT2D eigenvalue weighted by Gasteiger charge is 2.11. The van der Waals surface area contributed by atoms with Crippen molar-refractivity contribution in [2.24, 2.45) is 0 Å². The first-order chi connectivity index (χ1) is 9.63. The fourth-order valence-corrected chi connectivity index (χ4v) is 2.54. The Morgan fingerprint density at radius 1 is 1.25 bits per heavy atom. The van der Waals surface area contributed by atoms with Gasteiger partial charge in [0.1, 0.15) is 5.52 Å². The van der Waals surface area contributed by atoms with Crippen molar-refractivity contribution < 1.29 is 14.3 Å². The number of aromatic carboxylic acids is 1. The van der Waals surface area contributed by atoms with Crippen LogP contribution in [0.3, 0.4) is 0 Å². The van der Waals surface area contributed by atoms with E-state index >= 15 is 0 Å². The van der Waals surface area contributed by atoms with E-state index in [9.17, 15) is 4.79 Å². The zero-order chi connectivity index (χ0) is 14.1. The second-order valence-corrected chi connectivity index (χ2v) is 5.10.